The van der Waals surface area contributed by atoms with Crippen molar-refractivity contribution in [1.29, 1.82) is 0 Å². The van der Waals surface area contributed by atoms with Gasteiger partial charge in [-0.15, -0.1) is 0 Å². The maximum Gasteiger partial charge on any atom is 0.306 e. The fourth-order valence-corrected chi connectivity index (χ4v) is 8.10. The number of rotatable bonds is 55. The van der Waals surface area contributed by atoms with Crippen LogP contribution in [0.1, 0.15) is 252 Å². The highest BCUT2D eigenvalue weighted by Crippen LogP contribution is 2.14. The molecule has 1 unspecified atom stereocenters. The molecule has 442 valence electrons. The number of ether oxygens (including phenoxy) is 3. The van der Waals surface area contributed by atoms with Crippen molar-refractivity contribution in [1.82, 2.24) is 0 Å². The van der Waals surface area contributed by atoms with Gasteiger partial charge in [0.25, 0.3) is 0 Å². The van der Waals surface area contributed by atoms with Crippen molar-refractivity contribution in [2.75, 3.05) is 13.2 Å². The minimum absolute atomic E-state index is 0.116. The second-order valence-corrected chi connectivity index (χ2v) is 20.2. The lowest BCUT2D eigenvalue weighted by molar-refractivity contribution is -0.166. The van der Waals surface area contributed by atoms with Crippen molar-refractivity contribution in [2.24, 2.45) is 0 Å². The molecule has 0 aliphatic rings. The second-order valence-electron chi connectivity index (χ2n) is 20.2. The van der Waals surface area contributed by atoms with E-state index in [1.54, 1.807) is 0 Å². The summed E-state index contributed by atoms with van der Waals surface area (Å²) in [6.45, 7) is 6.21. The van der Waals surface area contributed by atoms with Gasteiger partial charge in [0.15, 0.2) is 6.10 Å². The van der Waals surface area contributed by atoms with E-state index in [0.717, 1.165) is 148 Å². The van der Waals surface area contributed by atoms with Crippen LogP contribution in [0.25, 0.3) is 0 Å². The monoisotopic (exact) mass is 1090 g/mol. The minimum Gasteiger partial charge on any atom is -0.462 e. The summed E-state index contributed by atoms with van der Waals surface area (Å²) < 4.78 is 16.8. The molecule has 0 N–H and O–H groups in total. The zero-order valence-corrected chi connectivity index (χ0v) is 50.6. The number of hydrogen-bond acceptors (Lipinski definition) is 6. The highest BCUT2D eigenvalue weighted by molar-refractivity contribution is 5.71. The van der Waals surface area contributed by atoms with Crippen LogP contribution >= 0.6 is 0 Å². The van der Waals surface area contributed by atoms with Gasteiger partial charge in [0.1, 0.15) is 13.2 Å². The van der Waals surface area contributed by atoms with Crippen molar-refractivity contribution in [3.63, 3.8) is 0 Å². The lowest BCUT2D eigenvalue weighted by Gasteiger charge is -2.18. The highest BCUT2D eigenvalue weighted by atomic mass is 16.6. The topological polar surface area (TPSA) is 78.9 Å². The quantitative estimate of drug-likeness (QED) is 0.0261. The Morgan fingerprint density at radius 1 is 0.253 bits per heavy atom. The van der Waals surface area contributed by atoms with Crippen LogP contribution < -0.4 is 0 Å². The predicted molar refractivity (Wildman–Crippen MR) is 343 cm³/mol. The molecule has 0 rings (SSSR count). The zero-order chi connectivity index (χ0) is 57.1. The lowest BCUT2D eigenvalue weighted by Crippen LogP contribution is -2.30. The molecular formula is C73H114O6. The van der Waals surface area contributed by atoms with Crippen LogP contribution in [0.3, 0.4) is 0 Å². The third-order valence-corrected chi connectivity index (χ3v) is 12.7. The van der Waals surface area contributed by atoms with Gasteiger partial charge in [-0.25, -0.2) is 0 Å². The van der Waals surface area contributed by atoms with Crippen molar-refractivity contribution in [3.05, 3.63) is 170 Å². The van der Waals surface area contributed by atoms with Crippen molar-refractivity contribution >= 4 is 17.9 Å². The molecule has 0 aromatic carbocycles. The molecule has 0 heterocycles. The van der Waals surface area contributed by atoms with E-state index in [1.807, 2.05) is 12.2 Å². The molecule has 0 saturated heterocycles. The van der Waals surface area contributed by atoms with E-state index in [1.165, 1.54) is 57.8 Å². The van der Waals surface area contributed by atoms with E-state index >= 15 is 0 Å². The Bertz CT molecular complexity index is 1820. The molecule has 6 nitrogen and oxygen atoms in total. The first-order chi connectivity index (χ1) is 39.0. The summed E-state index contributed by atoms with van der Waals surface area (Å²) >= 11 is 0. The Balaban J connectivity index is 4.44. The Morgan fingerprint density at radius 3 is 0.785 bits per heavy atom. The molecule has 0 spiro atoms. The Labute approximate surface area is 485 Å². The Morgan fingerprint density at radius 2 is 0.481 bits per heavy atom. The molecule has 0 aromatic rings. The van der Waals surface area contributed by atoms with Crippen LogP contribution in [0.5, 0.6) is 0 Å². The third-order valence-electron chi connectivity index (χ3n) is 12.7. The first kappa shape index (κ1) is 73.8. The van der Waals surface area contributed by atoms with Gasteiger partial charge in [-0.3, -0.25) is 14.4 Å². The van der Waals surface area contributed by atoms with Crippen LogP contribution in [-0.2, 0) is 28.6 Å². The van der Waals surface area contributed by atoms with Gasteiger partial charge in [0.05, 0.1) is 0 Å². The highest BCUT2D eigenvalue weighted by Gasteiger charge is 2.19. The molecule has 0 aliphatic carbocycles. The van der Waals surface area contributed by atoms with Crippen LogP contribution in [0.15, 0.2) is 170 Å². The summed E-state index contributed by atoms with van der Waals surface area (Å²) in [6, 6.07) is 0. The van der Waals surface area contributed by atoms with Crippen molar-refractivity contribution in [2.45, 2.75) is 258 Å². The molecule has 0 bridgehead atoms. The van der Waals surface area contributed by atoms with E-state index in [-0.39, 0.29) is 37.5 Å². The lowest BCUT2D eigenvalue weighted by atomic mass is 10.1. The average Bonchev–Trinajstić information content (AvgIpc) is 3.45. The van der Waals surface area contributed by atoms with Crippen LogP contribution in [-0.4, -0.2) is 37.2 Å². The third kappa shape index (κ3) is 63.5. The predicted octanol–water partition coefficient (Wildman–Crippen LogP) is 21.9. The standard InChI is InChI=1S/C73H114O6/c1-4-7-10-13-16-19-22-25-27-29-31-33-35-36-38-39-41-43-45-48-51-54-57-60-63-66-72(75)78-69-70(68-77-71(74)65-62-59-56-53-50-47-24-21-18-15-12-9-6-3)79-73(76)67-64-61-58-55-52-49-46-44-42-40-37-34-32-30-28-26-23-20-17-14-11-8-5-2/h7-12,16-21,25-28,31-34,36,38,40,42,47,50,56,59,70H,4-6,13-15,22-24,29-30,35,37,39,41,43-46,48-49,51-55,57-58,60-69H2,1-3H3/b10-7-,11-8-,12-9-,19-16-,20-17-,21-18-,27-25-,28-26-,33-31-,34-32-,38-36-,42-40-,50-47-,59-56-. The molecule has 1 atom stereocenters. The number of allylic oxidation sites excluding steroid dienone is 28. The Kier molecular flexibility index (Phi) is 61.0. The van der Waals surface area contributed by atoms with E-state index in [0.29, 0.717) is 19.3 Å². The number of carbonyl (C=O) groups excluding carboxylic acids is 3. The molecule has 0 radical (unpaired) electrons. The molecule has 0 saturated carbocycles. The van der Waals surface area contributed by atoms with Gasteiger partial charge >= 0.3 is 17.9 Å². The van der Waals surface area contributed by atoms with Gasteiger partial charge in [0.2, 0.25) is 0 Å². The van der Waals surface area contributed by atoms with E-state index in [2.05, 4.69) is 179 Å². The van der Waals surface area contributed by atoms with Crippen LogP contribution in [0.2, 0.25) is 0 Å². The summed E-state index contributed by atoms with van der Waals surface area (Å²) in [5.74, 6) is -1.02. The summed E-state index contributed by atoms with van der Waals surface area (Å²) in [5, 5.41) is 0. The normalized spacial score (nSPS) is 13.3. The minimum atomic E-state index is -0.826. The molecule has 0 fully saturated rings. The molecule has 0 amide bonds. The molecular weight excluding hydrogens is 973 g/mol. The SMILES string of the molecule is CC/C=C\C/C=C\C/C=C\C/C=C\C/C=C\CCCCCCCCCCCC(=O)OCC(COC(=O)CC/C=C\C/C=C\C/C=C\C/C=C\CC)OC(=O)CCCCCCCCC/C=C\C/C=C\C/C=C\C/C=C\C/C=C\CC. The second kappa shape index (κ2) is 65.3. The number of esters is 3. The Hall–Kier alpha value is -5.23. The number of hydrogen-bond donors (Lipinski definition) is 0. The fraction of sp³-hybridized carbons (Fsp3) is 0.575. The summed E-state index contributed by atoms with van der Waals surface area (Å²) in [5.41, 5.74) is 0. The summed E-state index contributed by atoms with van der Waals surface area (Å²) in [6.07, 6.45) is 96.5. The first-order valence-corrected chi connectivity index (χ1v) is 31.6. The van der Waals surface area contributed by atoms with E-state index in [9.17, 15) is 14.4 Å². The van der Waals surface area contributed by atoms with E-state index < -0.39 is 6.10 Å². The largest absolute Gasteiger partial charge is 0.462 e. The van der Waals surface area contributed by atoms with Gasteiger partial charge in [-0.2, -0.15) is 0 Å². The fourth-order valence-electron chi connectivity index (χ4n) is 8.10. The van der Waals surface area contributed by atoms with Gasteiger partial charge in [-0.05, 0) is 135 Å². The molecule has 0 aromatic heterocycles. The molecule has 6 heteroatoms. The van der Waals surface area contributed by atoms with Gasteiger partial charge < -0.3 is 14.2 Å². The van der Waals surface area contributed by atoms with Crippen LogP contribution in [0, 0.1) is 0 Å². The summed E-state index contributed by atoms with van der Waals surface area (Å²) in [4.78, 5) is 38.3. The maximum absolute atomic E-state index is 12.9. The number of carbonyl (C=O) groups is 3. The number of unbranched alkanes of at least 4 members (excludes halogenated alkanes) is 16. The van der Waals surface area contributed by atoms with Crippen LogP contribution in [0.4, 0.5) is 0 Å². The average molecular weight is 1090 g/mol. The summed E-state index contributed by atoms with van der Waals surface area (Å²) in [7, 11) is 0. The molecule has 0 aliphatic heterocycles. The van der Waals surface area contributed by atoms with Crippen molar-refractivity contribution in [3.8, 4) is 0 Å². The van der Waals surface area contributed by atoms with E-state index in [4.69, 9.17) is 14.2 Å². The molecule has 79 heavy (non-hydrogen) atoms. The smallest absolute Gasteiger partial charge is 0.306 e. The van der Waals surface area contributed by atoms with Gasteiger partial charge in [0, 0.05) is 19.3 Å². The first-order valence-electron chi connectivity index (χ1n) is 31.6. The van der Waals surface area contributed by atoms with Gasteiger partial charge in [-0.1, -0.05) is 268 Å². The van der Waals surface area contributed by atoms with Crippen molar-refractivity contribution < 1.29 is 28.6 Å². The zero-order valence-electron chi connectivity index (χ0n) is 50.6. The maximum atomic E-state index is 12.9.